The molecule has 0 bridgehead atoms. The van der Waals surface area contributed by atoms with Gasteiger partial charge in [0.15, 0.2) is 0 Å². The molecule has 2 aliphatic rings. The van der Waals surface area contributed by atoms with Crippen LogP contribution in [0.5, 0.6) is 0 Å². The highest BCUT2D eigenvalue weighted by molar-refractivity contribution is 5.80. The van der Waals surface area contributed by atoms with Crippen molar-refractivity contribution in [3.8, 4) is 11.1 Å². The molecule has 0 aromatic carbocycles. The van der Waals surface area contributed by atoms with Crippen molar-refractivity contribution in [1.82, 2.24) is 0 Å². The van der Waals surface area contributed by atoms with Gasteiger partial charge in [-0.05, 0) is 23.6 Å². The average molecular weight is 224 g/mol. The van der Waals surface area contributed by atoms with E-state index in [-0.39, 0.29) is 0 Å². The summed E-state index contributed by atoms with van der Waals surface area (Å²) in [6.07, 6.45) is 3.21. The van der Waals surface area contributed by atoms with Gasteiger partial charge in [0.1, 0.15) is 0 Å². The van der Waals surface area contributed by atoms with E-state index in [2.05, 4.69) is 29.0 Å². The van der Waals surface area contributed by atoms with Gasteiger partial charge < -0.3 is 4.74 Å². The summed E-state index contributed by atoms with van der Waals surface area (Å²) in [5.74, 6) is -0.434. The molecule has 88 valence electrons. The average Bonchev–Trinajstić information content (AvgIpc) is 2.88. The van der Waals surface area contributed by atoms with Crippen molar-refractivity contribution in [2.45, 2.75) is 32.6 Å². The van der Waals surface area contributed by atoms with Gasteiger partial charge in [0.25, 0.3) is 0 Å². The van der Waals surface area contributed by atoms with Crippen LogP contribution in [0.4, 0.5) is 4.39 Å². The summed E-state index contributed by atoms with van der Waals surface area (Å²) in [5.41, 5.74) is 2.85. The molecule has 0 spiro atoms. The Labute approximate surface area is 95.4 Å². The molecule has 2 aliphatic carbocycles. The highest BCUT2D eigenvalue weighted by Gasteiger charge is 2.06. The Balaban J connectivity index is 0.000000176. The lowest BCUT2D eigenvalue weighted by Crippen LogP contribution is -2.02. The van der Waals surface area contributed by atoms with Crippen LogP contribution in [0.2, 0.25) is 0 Å². The van der Waals surface area contributed by atoms with Gasteiger partial charge in [-0.25, -0.2) is 4.39 Å². The van der Waals surface area contributed by atoms with Crippen molar-refractivity contribution in [1.29, 1.82) is 0 Å². The summed E-state index contributed by atoms with van der Waals surface area (Å²) in [5, 5.41) is 0. The third-order valence-electron chi connectivity index (χ3n) is 2.31. The number of fused-ring (bicyclic) bond motifs is 1. The minimum atomic E-state index is -0.995. The van der Waals surface area contributed by atoms with Gasteiger partial charge in [-0.15, -0.1) is 0 Å². The summed E-state index contributed by atoms with van der Waals surface area (Å²) >= 11 is 0. The van der Waals surface area contributed by atoms with Crippen LogP contribution in [0.1, 0.15) is 32.6 Å². The molecule has 0 radical (unpaired) electrons. The first-order chi connectivity index (χ1) is 7.77. The molecule has 0 atom stereocenters. The number of alkyl halides is 1. The Kier molecular flexibility index (Phi) is 5.54. The number of ether oxygens (including phenoxy) is 1. The van der Waals surface area contributed by atoms with E-state index in [4.69, 9.17) is 0 Å². The first-order valence-electron chi connectivity index (χ1n) is 5.60. The summed E-state index contributed by atoms with van der Waals surface area (Å²) < 4.78 is 15.4. The van der Waals surface area contributed by atoms with Gasteiger partial charge >= 0.3 is 5.97 Å². The first-order valence-corrected chi connectivity index (χ1v) is 5.60. The Morgan fingerprint density at radius 1 is 1.31 bits per heavy atom. The summed E-state index contributed by atoms with van der Waals surface area (Å²) in [6, 6.07) is 8.48. The fourth-order valence-electron chi connectivity index (χ4n) is 1.33. The Morgan fingerprint density at radius 2 is 2.00 bits per heavy atom. The molecule has 2 rings (SSSR count). The summed E-state index contributed by atoms with van der Waals surface area (Å²) in [6.45, 7) is 1.05. The van der Waals surface area contributed by atoms with E-state index in [9.17, 15) is 9.18 Å². The predicted octanol–water partition coefficient (Wildman–Crippen LogP) is 3.70. The van der Waals surface area contributed by atoms with Gasteiger partial charge in [0.2, 0.25) is 6.86 Å². The van der Waals surface area contributed by atoms with Crippen molar-refractivity contribution < 1.29 is 13.9 Å². The predicted molar refractivity (Wildman–Crippen MR) is 61.6 cm³/mol. The van der Waals surface area contributed by atoms with Crippen LogP contribution in [0.25, 0.3) is 11.1 Å². The van der Waals surface area contributed by atoms with Crippen LogP contribution in [0.3, 0.4) is 0 Å². The minimum Gasteiger partial charge on any atom is -0.434 e. The summed E-state index contributed by atoms with van der Waals surface area (Å²) in [7, 11) is 0. The molecular formula is C13H17FO2. The second-order valence-corrected chi connectivity index (χ2v) is 3.66. The molecule has 0 heterocycles. The quantitative estimate of drug-likeness (QED) is 0.571. The van der Waals surface area contributed by atoms with E-state index < -0.39 is 12.8 Å². The second-order valence-electron chi connectivity index (χ2n) is 3.66. The molecule has 0 saturated carbocycles. The maximum absolute atomic E-state index is 11.3. The Hall–Kier alpha value is -1.38. The molecule has 16 heavy (non-hydrogen) atoms. The fourth-order valence-corrected chi connectivity index (χ4v) is 1.33. The van der Waals surface area contributed by atoms with E-state index in [0.717, 1.165) is 19.3 Å². The standard InChI is InChI=1S/C7H13FO2.C6H4/c1-2-3-4-5-7(9)10-6-8;1-2-5-4-6(5)3-1/h2-6H2,1H3;1-4H. The van der Waals surface area contributed by atoms with Crippen LogP contribution in [0.15, 0.2) is 24.3 Å². The van der Waals surface area contributed by atoms with Gasteiger partial charge in [-0.2, -0.15) is 0 Å². The Morgan fingerprint density at radius 3 is 2.38 bits per heavy atom. The Bertz CT molecular complexity index is 319. The third-order valence-corrected chi connectivity index (χ3v) is 2.31. The zero-order chi connectivity index (χ0) is 11.8. The number of hydrogen-bond acceptors (Lipinski definition) is 2. The van der Waals surface area contributed by atoms with Gasteiger partial charge in [-0.3, -0.25) is 4.79 Å². The SMILES string of the molecule is CCCCCC(=O)OCF.c1cc2cc-2c1. The molecule has 0 fully saturated rings. The molecule has 0 aromatic rings. The van der Waals surface area contributed by atoms with Crippen molar-refractivity contribution >= 4 is 5.97 Å². The molecule has 0 N–H and O–H groups in total. The maximum atomic E-state index is 11.3. The molecular weight excluding hydrogens is 207 g/mol. The number of esters is 1. The lowest BCUT2D eigenvalue weighted by Gasteiger charge is -1.97. The molecule has 0 unspecified atom stereocenters. The number of carbonyl (C=O) groups excluding carboxylic acids is 1. The van der Waals surface area contributed by atoms with Crippen LogP contribution >= 0.6 is 0 Å². The highest BCUT2D eigenvalue weighted by atomic mass is 19.1. The van der Waals surface area contributed by atoms with Gasteiger partial charge in [0, 0.05) is 6.42 Å². The molecule has 0 aromatic heterocycles. The van der Waals surface area contributed by atoms with Crippen LogP contribution in [-0.4, -0.2) is 12.8 Å². The van der Waals surface area contributed by atoms with E-state index in [1.165, 1.54) is 11.1 Å². The van der Waals surface area contributed by atoms with Crippen LogP contribution in [-0.2, 0) is 9.53 Å². The first kappa shape index (κ1) is 12.7. The molecule has 0 amide bonds. The normalized spacial score (nSPS) is 10.1. The topological polar surface area (TPSA) is 26.3 Å². The third kappa shape index (κ3) is 4.91. The lowest BCUT2D eigenvalue weighted by atomic mass is 10.2. The van der Waals surface area contributed by atoms with E-state index in [1.807, 2.05) is 6.92 Å². The largest absolute Gasteiger partial charge is 0.434 e. The number of rotatable bonds is 5. The number of carbonyl (C=O) groups is 1. The zero-order valence-corrected chi connectivity index (χ0v) is 9.54. The maximum Gasteiger partial charge on any atom is 0.308 e. The zero-order valence-electron chi connectivity index (χ0n) is 9.54. The molecule has 3 heteroatoms. The van der Waals surface area contributed by atoms with Crippen molar-refractivity contribution in [2.75, 3.05) is 6.86 Å². The lowest BCUT2D eigenvalue weighted by molar-refractivity contribution is -0.147. The monoisotopic (exact) mass is 224 g/mol. The number of hydrogen-bond donors (Lipinski definition) is 0. The second kappa shape index (κ2) is 6.99. The smallest absolute Gasteiger partial charge is 0.308 e. The van der Waals surface area contributed by atoms with Gasteiger partial charge in [-0.1, -0.05) is 38.0 Å². The van der Waals surface area contributed by atoms with Crippen LogP contribution in [0, 0.1) is 0 Å². The number of benzene rings is 1. The number of unbranched alkanes of at least 4 members (excludes halogenated alkanes) is 2. The van der Waals surface area contributed by atoms with Crippen LogP contribution < -0.4 is 0 Å². The van der Waals surface area contributed by atoms with Crippen molar-refractivity contribution in [2.24, 2.45) is 0 Å². The van der Waals surface area contributed by atoms with E-state index in [0.29, 0.717) is 6.42 Å². The van der Waals surface area contributed by atoms with Gasteiger partial charge in [0.05, 0.1) is 0 Å². The summed E-state index contributed by atoms with van der Waals surface area (Å²) in [4.78, 5) is 10.5. The van der Waals surface area contributed by atoms with Crippen molar-refractivity contribution in [3.05, 3.63) is 24.3 Å². The number of halogens is 1. The van der Waals surface area contributed by atoms with Crippen molar-refractivity contribution in [3.63, 3.8) is 0 Å². The highest BCUT2D eigenvalue weighted by Crippen LogP contribution is 2.32. The molecule has 0 saturated heterocycles. The fraction of sp³-hybridized carbons (Fsp3) is 0.462. The van der Waals surface area contributed by atoms with E-state index >= 15 is 0 Å². The van der Waals surface area contributed by atoms with E-state index in [1.54, 1.807) is 0 Å². The molecule has 0 aliphatic heterocycles. The minimum absolute atomic E-state index is 0.345. The molecule has 2 nitrogen and oxygen atoms in total.